The van der Waals surface area contributed by atoms with E-state index >= 15 is 0 Å². The van der Waals surface area contributed by atoms with Crippen LogP contribution in [0, 0.1) is 11.8 Å². The van der Waals surface area contributed by atoms with Crippen molar-refractivity contribution in [3.05, 3.63) is 60.2 Å². The third kappa shape index (κ3) is 2.36. The Balaban J connectivity index is 2.01. The fourth-order valence-electron chi connectivity index (χ4n) is 2.97. The molecule has 2 heteroatoms. The number of hydrogen-bond donors (Lipinski definition) is 1. The zero-order valence-electron chi connectivity index (χ0n) is 11.0. The lowest BCUT2D eigenvalue weighted by atomic mass is 9.73. The average Bonchev–Trinajstić information content (AvgIpc) is 2.46. The largest absolute Gasteiger partial charge is 0.497 e. The molecule has 0 heterocycles. The van der Waals surface area contributed by atoms with Gasteiger partial charge in [0.25, 0.3) is 0 Å². The summed E-state index contributed by atoms with van der Waals surface area (Å²) in [5.41, 5.74) is 2.33. The normalized spacial score (nSPS) is 28.7. The fraction of sp³-hybridized carbons (Fsp3) is 0.294. The van der Waals surface area contributed by atoms with E-state index < -0.39 is 0 Å². The number of methoxy groups -OCH3 is 1. The number of fused-ring (bicyclic) bond motifs is 1. The van der Waals surface area contributed by atoms with Crippen molar-refractivity contribution in [3.63, 3.8) is 0 Å². The molecule has 1 aromatic carbocycles. The van der Waals surface area contributed by atoms with Crippen LogP contribution in [0.3, 0.4) is 0 Å². The lowest BCUT2D eigenvalue weighted by Gasteiger charge is -2.33. The molecular formula is C17H18O2. The Morgan fingerprint density at radius 1 is 1.21 bits per heavy atom. The number of hydrogen-bond acceptors (Lipinski definition) is 2. The zero-order valence-corrected chi connectivity index (χ0v) is 11.0. The van der Waals surface area contributed by atoms with Gasteiger partial charge in [-0.25, -0.2) is 0 Å². The summed E-state index contributed by atoms with van der Waals surface area (Å²) >= 11 is 0. The molecule has 19 heavy (non-hydrogen) atoms. The zero-order chi connectivity index (χ0) is 13.2. The van der Waals surface area contributed by atoms with Crippen LogP contribution in [-0.4, -0.2) is 18.3 Å². The Morgan fingerprint density at radius 3 is 2.89 bits per heavy atom. The van der Waals surface area contributed by atoms with Crippen molar-refractivity contribution in [1.82, 2.24) is 0 Å². The van der Waals surface area contributed by atoms with Gasteiger partial charge < -0.3 is 9.84 Å². The van der Waals surface area contributed by atoms with Gasteiger partial charge in [-0.05, 0) is 35.6 Å². The Bertz CT molecular complexity index is 554. The van der Waals surface area contributed by atoms with E-state index in [0.29, 0.717) is 11.8 Å². The van der Waals surface area contributed by atoms with E-state index in [2.05, 4.69) is 30.4 Å². The molecule has 2 unspecified atom stereocenters. The summed E-state index contributed by atoms with van der Waals surface area (Å²) in [7, 11) is 1.68. The Hall–Kier alpha value is -1.80. The van der Waals surface area contributed by atoms with Crippen LogP contribution in [0.1, 0.15) is 12.0 Å². The van der Waals surface area contributed by atoms with Crippen molar-refractivity contribution >= 4 is 5.57 Å². The molecule has 3 atom stereocenters. The van der Waals surface area contributed by atoms with Gasteiger partial charge in [0.2, 0.25) is 0 Å². The van der Waals surface area contributed by atoms with E-state index in [9.17, 15) is 5.11 Å². The molecule has 1 aromatic rings. The highest BCUT2D eigenvalue weighted by atomic mass is 16.5. The highest BCUT2D eigenvalue weighted by Crippen LogP contribution is 2.40. The smallest absolute Gasteiger partial charge is 0.119 e. The van der Waals surface area contributed by atoms with E-state index in [0.717, 1.165) is 17.7 Å². The molecule has 2 nitrogen and oxygen atoms in total. The molecule has 0 spiro atoms. The van der Waals surface area contributed by atoms with Crippen LogP contribution in [0.2, 0.25) is 0 Å². The lowest BCUT2D eigenvalue weighted by molar-refractivity contribution is 0.183. The molecule has 0 amide bonds. The number of benzene rings is 1. The van der Waals surface area contributed by atoms with E-state index in [-0.39, 0.29) is 6.10 Å². The summed E-state index contributed by atoms with van der Waals surface area (Å²) in [6, 6.07) is 8.05. The number of aliphatic hydroxyl groups excluding tert-OH is 1. The molecule has 0 fully saturated rings. The van der Waals surface area contributed by atoms with Crippen molar-refractivity contribution in [2.75, 3.05) is 7.11 Å². The number of rotatable bonds is 2. The topological polar surface area (TPSA) is 29.5 Å². The molecule has 0 saturated carbocycles. The lowest BCUT2D eigenvalue weighted by Crippen LogP contribution is -2.25. The van der Waals surface area contributed by atoms with E-state index in [1.54, 1.807) is 7.11 Å². The highest BCUT2D eigenvalue weighted by molar-refractivity contribution is 5.72. The maximum absolute atomic E-state index is 10.0. The van der Waals surface area contributed by atoms with Gasteiger partial charge in [0, 0.05) is 5.92 Å². The molecular weight excluding hydrogens is 236 g/mol. The summed E-state index contributed by atoms with van der Waals surface area (Å²) in [5, 5.41) is 10.0. The molecule has 3 rings (SSSR count). The van der Waals surface area contributed by atoms with Gasteiger partial charge in [-0.15, -0.1) is 0 Å². The van der Waals surface area contributed by atoms with Crippen molar-refractivity contribution < 1.29 is 9.84 Å². The summed E-state index contributed by atoms with van der Waals surface area (Å²) in [6.07, 6.45) is 11.0. The summed E-state index contributed by atoms with van der Waals surface area (Å²) in [6.45, 7) is 0. The Kier molecular flexibility index (Phi) is 3.26. The van der Waals surface area contributed by atoms with Gasteiger partial charge in [0.1, 0.15) is 5.75 Å². The average molecular weight is 254 g/mol. The third-order valence-corrected chi connectivity index (χ3v) is 3.90. The van der Waals surface area contributed by atoms with Crippen LogP contribution in [-0.2, 0) is 0 Å². The van der Waals surface area contributed by atoms with Gasteiger partial charge in [-0.3, -0.25) is 0 Å². The monoisotopic (exact) mass is 254 g/mol. The first kappa shape index (κ1) is 12.2. The van der Waals surface area contributed by atoms with Crippen LogP contribution in [0.25, 0.3) is 5.57 Å². The Labute approximate surface area is 113 Å². The van der Waals surface area contributed by atoms with Gasteiger partial charge >= 0.3 is 0 Å². The molecule has 0 bridgehead atoms. The summed E-state index contributed by atoms with van der Waals surface area (Å²) in [4.78, 5) is 0. The minimum absolute atomic E-state index is 0.362. The number of aliphatic hydroxyl groups is 1. The molecule has 0 aromatic heterocycles. The fourth-order valence-corrected chi connectivity index (χ4v) is 2.97. The number of ether oxygens (including phenoxy) is 1. The van der Waals surface area contributed by atoms with E-state index in [1.165, 1.54) is 5.57 Å². The van der Waals surface area contributed by atoms with Gasteiger partial charge in [0.05, 0.1) is 13.2 Å². The maximum atomic E-state index is 10.0. The number of allylic oxidation sites excluding steroid dienone is 5. The molecule has 0 saturated heterocycles. The molecule has 1 N–H and O–H groups in total. The third-order valence-electron chi connectivity index (χ3n) is 3.90. The van der Waals surface area contributed by atoms with Gasteiger partial charge in [-0.1, -0.05) is 42.5 Å². The Morgan fingerprint density at radius 2 is 2.05 bits per heavy atom. The first-order chi connectivity index (χ1) is 9.28. The van der Waals surface area contributed by atoms with Crippen molar-refractivity contribution in [2.24, 2.45) is 11.8 Å². The quantitative estimate of drug-likeness (QED) is 0.878. The van der Waals surface area contributed by atoms with Crippen LogP contribution in [0.15, 0.2) is 54.6 Å². The highest BCUT2D eigenvalue weighted by Gasteiger charge is 2.29. The van der Waals surface area contributed by atoms with E-state index in [4.69, 9.17) is 4.74 Å². The maximum Gasteiger partial charge on any atom is 0.119 e. The molecule has 2 aliphatic rings. The first-order valence-electron chi connectivity index (χ1n) is 6.67. The van der Waals surface area contributed by atoms with Crippen LogP contribution in [0.4, 0.5) is 0 Å². The molecule has 2 aliphatic carbocycles. The van der Waals surface area contributed by atoms with Gasteiger partial charge in [-0.2, -0.15) is 0 Å². The summed E-state index contributed by atoms with van der Waals surface area (Å²) in [5.74, 6) is 1.61. The second kappa shape index (κ2) is 5.06. The van der Waals surface area contributed by atoms with Crippen LogP contribution in [0.5, 0.6) is 5.75 Å². The first-order valence-corrected chi connectivity index (χ1v) is 6.67. The van der Waals surface area contributed by atoms with Crippen molar-refractivity contribution in [2.45, 2.75) is 12.5 Å². The molecule has 98 valence electrons. The van der Waals surface area contributed by atoms with Crippen LogP contribution < -0.4 is 4.74 Å². The van der Waals surface area contributed by atoms with Gasteiger partial charge in [0.15, 0.2) is 0 Å². The van der Waals surface area contributed by atoms with Crippen LogP contribution >= 0.6 is 0 Å². The predicted molar refractivity (Wildman–Crippen MR) is 76.9 cm³/mol. The van der Waals surface area contributed by atoms with E-state index in [1.807, 2.05) is 24.3 Å². The second-order valence-corrected chi connectivity index (χ2v) is 5.12. The SMILES string of the molecule is COc1cccc(C2=C[C@@H](O)CC3C=CC=CC23)c1. The van der Waals surface area contributed by atoms with Crippen molar-refractivity contribution in [1.29, 1.82) is 0 Å². The minimum Gasteiger partial charge on any atom is -0.497 e. The molecule has 0 radical (unpaired) electrons. The second-order valence-electron chi connectivity index (χ2n) is 5.12. The van der Waals surface area contributed by atoms with Crippen molar-refractivity contribution in [3.8, 4) is 5.75 Å². The standard InChI is InChI=1S/C17H18O2/c1-19-15-7-4-6-13(10-15)17-11-14(18)9-12-5-2-3-8-16(12)17/h2-8,10-12,14,16,18H,9H2,1H3/t12?,14-,16?/m0/s1. The molecule has 0 aliphatic heterocycles. The minimum atomic E-state index is -0.362. The predicted octanol–water partition coefficient (Wildman–Crippen LogP) is 3.20. The summed E-state index contributed by atoms with van der Waals surface area (Å²) < 4.78 is 5.29.